The molecule has 1 saturated carbocycles. The zero-order valence-electron chi connectivity index (χ0n) is 38.4. The lowest BCUT2D eigenvalue weighted by Gasteiger charge is -2.38. The van der Waals surface area contributed by atoms with Crippen LogP contribution in [0.3, 0.4) is 0 Å². The first kappa shape index (κ1) is 50.3. The van der Waals surface area contributed by atoms with Crippen LogP contribution in [0.1, 0.15) is 66.7 Å². The van der Waals surface area contributed by atoms with Gasteiger partial charge < -0.3 is 40.9 Å². The van der Waals surface area contributed by atoms with E-state index in [0.29, 0.717) is 62.3 Å². The van der Waals surface area contributed by atoms with E-state index >= 15 is 4.39 Å². The topological polar surface area (TPSA) is 194 Å². The highest BCUT2D eigenvalue weighted by Crippen LogP contribution is 2.41. The molecule has 2 unspecified atom stereocenters. The smallest absolute Gasteiger partial charge is 0.421 e. The first-order valence-electron chi connectivity index (χ1n) is 22.3. The summed E-state index contributed by atoms with van der Waals surface area (Å²) in [5, 5.41) is 21.6. The Labute approximate surface area is 400 Å². The number of carbonyl (C=O) groups excluding carboxylic acids is 4. The van der Waals surface area contributed by atoms with Gasteiger partial charge in [0.1, 0.15) is 29.2 Å². The Balaban J connectivity index is 0.909. The van der Waals surface area contributed by atoms with Gasteiger partial charge in [0.25, 0.3) is 11.8 Å². The molecule has 3 aliphatic rings. The fourth-order valence-electron chi connectivity index (χ4n) is 8.21. The standard InChI is InChI=1S/C46H56F4N10O6S2/c1-27-36(67-26-54-27)29-9-7-28(8-10-29)23-52-39(62)34-22-31(61)25-60(34)41(64)37(56-42(65)45(47)13-14-45)44(2,3)68-20-6-15-58-16-18-59(19-17-58)40(63)30-11-12-33(35(21-30)66-5)55-43-53-24-32(46(48,49)50)38(51-4)57-43/h7-12,21,24,26,31,34,37,61H,6,13-20,22-23,25H2,1-5H3,(H,52,62)(H,56,65)(H2,51,53,55,57)/t31-,34?,37?/m1/s1. The highest BCUT2D eigenvalue weighted by Gasteiger charge is 2.54. The number of hydrogen-bond donors (Lipinski definition) is 5. The number of amides is 4. The number of piperazine rings is 1. The van der Waals surface area contributed by atoms with Crippen molar-refractivity contribution in [1.82, 2.24) is 40.3 Å². The number of halogens is 4. The summed E-state index contributed by atoms with van der Waals surface area (Å²) >= 11 is 3.00. The van der Waals surface area contributed by atoms with Crippen molar-refractivity contribution < 1.29 is 46.6 Å². The maximum atomic E-state index is 15.1. The van der Waals surface area contributed by atoms with Crippen molar-refractivity contribution in [3.05, 3.63) is 76.6 Å². The number of anilines is 3. The van der Waals surface area contributed by atoms with E-state index in [2.05, 4.69) is 41.1 Å². The first-order chi connectivity index (χ1) is 32.3. The maximum Gasteiger partial charge on any atom is 0.421 e. The molecule has 2 aromatic heterocycles. The SMILES string of the molecule is CNc1nc(Nc2ccc(C(=O)N3CCN(CCCSC(C)(C)C(NC(=O)C4(F)CC4)C(=O)N4C[C@H](O)CC4C(=O)NCc4ccc(-c5scnc5C)cc4)CC3)cc2OC)ncc1C(F)(F)F. The van der Waals surface area contributed by atoms with E-state index in [1.807, 2.05) is 45.0 Å². The number of carbonyl (C=O) groups is 4. The van der Waals surface area contributed by atoms with Crippen molar-refractivity contribution in [2.75, 3.05) is 69.8 Å². The molecule has 4 amide bonds. The van der Waals surface area contributed by atoms with Crippen molar-refractivity contribution in [1.29, 1.82) is 0 Å². The number of ether oxygens (including phenoxy) is 1. The Morgan fingerprint density at radius 1 is 1.04 bits per heavy atom. The van der Waals surface area contributed by atoms with Crippen LogP contribution >= 0.6 is 23.1 Å². The molecule has 2 saturated heterocycles. The van der Waals surface area contributed by atoms with Gasteiger partial charge in [0, 0.05) is 69.2 Å². The van der Waals surface area contributed by atoms with E-state index in [0.717, 1.165) is 21.7 Å². The predicted octanol–water partition coefficient (Wildman–Crippen LogP) is 5.65. The summed E-state index contributed by atoms with van der Waals surface area (Å²) in [6.07, 6.45) is -4.09. The van der Waals surface area contributed by atoms with E-state index in [1.54, 1.807) is 39.9 Å². The quantitative estimate of drug-likeness (QED) is 0.0608. The van der Waals surface area contributed by atoms with Crippen molar-refractivity contribution in [3.8, 4) is 16.2 Å². The minimum atomic E-state index is -4.64. The zero-order valence-corrected chi connectivity index (χ0v) is 40.0. The van der Waals surface area contributed by atoms with Gasteiger partial charge in [-0.2, -0.15) is 29.9 Å². The Morgan fingerprint density at radius 2 is 1.76 bits per heavy atom. The molecule has 0 spiro atoms. The number of nitrogens with one attached hydrogen (secondary N) is 4. The van der Waals surface area contributed by atoms with E-state index in [1.165, 1.54) is 30.8 Å². The average molecular weight is 985 g/mol. The van der Waals surface area contributed by atoms with Gasteiger partial charge in [-0.05, 0) is 81.7 Å². The summed E-state index contributed by atoms with van der Waals surface area (Å²) < 4.78 is 59.6. The van der Waals surface area contributed by atoms with Crippen LogP contribution in [0.4, 0.5) is 35.0 Å². The summed E-state index contributed by atoms with van der Waals surface area (Å²) in [7, 11) is 2.73. The number of aliphatic hydroxyl groups is 1. The largest absolute Gasteiger partial charge is 0.495 e. The molecule has 22 heteroatoms. The number of aliphatic hydroxyl groups excluding tert-OH is 1. The highest BCUT2D eigenvalue weighted by molar-refractivity contribution is 8.00. The van der Waals surface area contributed by atoms with Crippen molar-refractivity contribution in [3.63, 3.8) is 0 Å². The van der Waals surface area contributed by atoms with Gasteiger partial charge >= 0.3 is 6.18 Å². The Kier molecular flexibility index (Phi) is 15.5. The molecular formula is C46H56F4N10O6S2. The summed E-state index contributed by atoms with van der Waals surface area (Å²) in [6, 6.07) is 10.3. The molecule has 16 nitrogen and oxygen atoms in total. The predicted molar refractivity (Wildman–Crippen MR) is 252 cm³/mol. The normalized spacial score (nSPS) is 18.7. The lowest BCUT2D eigenvalue weighted by atomic mass is 10.00. The molecule has 0 radical (unpaired) electrons. The third-order valence-corrected chi connectivity index (χ3v) is 14.8. The van der Waals surface area contributed by atoms with Crippen LogP contribution in [0.25, 0.3) is 10.4 Å². The number of rotatable bonds is 18. The van der Waals surface area contributed by atoms with Crippen LogP contribution in [0.2, 0.25) is 0 Å². The van der Waals surface area contributed by atoms with Gasteiger partial charge in [0.2, 0.25) is 17.8 Å². The molecule has 2 aromatic carbocycles. The average Bonchev–Trinajstić information content (AvgIpc) is 3.73. The third-order valence-electron chi connectivity index (χ3n) is 12.4. The number of methoxy groups -OCH3 is 1. The number of thioether (sulfide) groups is 1. The second-order valence-electron chi connectivity index (χ2n) is 17.6. The lowest BCUT2D eigenvalue weighted by Crippen LogP contribution is -2.61. The van der Waals surface area contributed by atoms with Gasteiger partial charge in [-0.25, -0.2) is 14.4 Å². The molecule has 3 fully saturated rings. The summed E-state index contributed by atoms with van der Waals surface area (Å²) in [6.45, 7) is 8.44. The molecule has 3 atom stereocenters. The molecule has 2 aliphatic heterocycles. The van der Waals surface area contributed by atoms with E-state index < -0.39 is 63.9 Å². The van der Waals surface area contributed by atoms with Crippen LogP contribution in [0, 0.1) is 6.92 Å². The Bertz CT molecular complexity index is 2460. The first-order valence-corrected chi connectivity index (χ1v) is 24.1. The number of nitrogens with zero attached hydrogens (tertiary/aromatic N) is 6. The number of β-amino-alcohol motifs (C(OH)–C–C–N with tert-alkyl or cyclic N) is 1. The number of hydrogen-bond acceptors (Lipinski definition) is 14. The van der Waals surface area contributed by atoms with Crippen molar-refractivity contribution in [2.24, 2.45) is 0 Å². The van der Waals surface area contributed by atoms with Gasteiger partial charge in [0.15, 0.2) is 5.67 Å². The Morgan fingerprint density at radius 3 is 2.40 bits per heavy atom. The molecule has 7 rings (SSSR count). The molecule has 5 N–H and O–H groups in total. The second kappa shape index (κ2) is 21.0. The van der Waals surface area contributed by atoms with Crippen LogP contribution in [-0.4, -0.2) is 146 Å². The monoisotopic (exact) mass is 984 g/mol. The maximum absolute atomic E-state index is 15.1. The minimum Gasteiger partial charge on any atom is -0.495 e. The summed E-state index contributed by atoms with van der Waals surface area (Å²) in [4.78, 5) is 73.2. The lowest BCUT2D eigenvalue weighted by molar-refractivity contribution is -0.143. The molecule has 366 valence electrons. The molecule has 4 heterocycles. The molecule has 68 heavy (non-hydrogen) atoms. The number of aromatic nitrogens is 3. The number of likely N-dealkylation sites (tertiary alicyclic amines) is 1. The summed E-state index contributed by atoms with van der Waals surface area (Å²) in [5.74, 6) is -1.74. The van der Waals surface area contributed by atoms with Crippen molar-refractivity contribution in [2.45, 2.75) is 87.8 Å². The molecule has 0 bridgehead atoms. The van der Waals surface area contributed by atoms with Crippen molar-refractivity contribution >= 4 is 64.2 Å². The third kappa shape index (κ3) is 11.8. The second-order valence-corrected chi connectivity index (χ2v) is 20.2. The Hall–Kier alpha value is -5.58. The number of thiazole rings is 1. The van der Waals surface area contributed by atoms with Crippen LogP contribution < -0.4 is 26.0 Å². The fourth-order valence-corrected chi connectivity index (χ4v) is 10.2. The van der Waals surface area contributed by atoms with Gasteiger partial charge in [-0.15, -0.1) is 11.3 Å². The van der Waals surface area contributed by atoms with Crippen LogP contribution in [0.5, 0.6) is 5.75 Å². The van der Waals surface area contributed by atoms with E-state index in [-0.39, 0.29) is 50.0 Å². The number of alkyl halides is 4. The molecule has 4 aromatic rings. The van der Waals surface area contributed by atoms with E-state index in [4.69, 9.17) is 4.74 Å². The number of benzene rings is 2. The van der Waals surface area contributed by atoms with Gasteiger partial charge in [0.05, 0.1) is 35.0 Å². The minimum absolute atomic E-state index is 0.0157. The number of aryl methyl sites for hydroxylation is 1. The highest BCUT2D eigenvalue weighted by atomic mass is 32.2. The summed E-state index contributed by atoms with van der Waals surface area (Å²) in [5.41, 5.74) is 2.24. The van der Waals surface area contributed by atoms with Gasteiger partial charge in [-0.3, -0.25) is 24.1 Å². The molecular weight excluding hydrogens is 929 g/mol. The van der Waals surface area contributed by atoms with E-state index in [9.17, 15) is 37.5 Å². The fraction of sp³-hybridized carbons (Fsp3) is 0.500. The molecule has 1 aliphatic carbocycles. The van der Waals surface area contributed by atoms with Crippen LogP contribution in [-0.2, 0) is 27.1 Å². The van der Waals surface area contributed by atoms with Crippen LogP contribution in [0.15, 0.2) is 54.2 Å². The zero-order chi connectivity index (χ0) is 49.0. The van der Waals surface area contributed by atoms with Gasteiger partial charge in [-0.1, -0.05) is 24.3 Å².